The lowest BCUT2D eigenvalue weighted by Gasteiger charge is -2.61. The first-order chi connectivity index (χ1) is 13.8. The van der Waals surface area contributed by atoms with Crippen molar-refractivity contribution in [2.45, 2.75) is 124 Å². The molecule has 0 spiro atoms. The van der Waals surface area contributed by atoms with Gasteiger partial charge in [-0.1, -0.05) is 34.6 Å². The molecule has 0 radical (unpaired) electrons. The monoisotopic (exact) mass is 432 g/mol. The van der Waals surface area contributed by atoms with Crippen molar-refractivity contribution in [2.24, 2.45) is 40.4 Å². The van der Waals surface area contributed by atoms with Crippen LogP contribution in [0.2, 0.25) is 18.1 Å². The molecule has 0 bridgehead atoms. The van der Waals surface area contributed by atoms with E-state index in [9.17, 15) is 4.79 Å². The van der Waals surface area contributed by atoms with E-state index in [1.807, 2.05) is 6.92 Å². The van der Waals surface area contributed by atoms with Gasteiger partial charge in [0.05, 0.1) is 0 Å². The molecule has 0 aromatic rings. The van der Waals surface area contributed by atoms with Gasteiger partial charge in [0, 0.05) is 12.0 Å². The fourth-order valence-electron chi connectivity index (χ4n) is 8.59. The van der Waals surface area contributed by atoms with Gasteiger partial charge in [-0.3, -0.25) is 4.79 Å². The van der Waals surface area contributed by atoms with Crippen molar-refractivity contribution in [3.8, 4) is 0 Å². The van der Waals surface area contributed by atoms with Crippen molar-refractivity contribution in [3.05, 3.63) is 0 Å². The summed E-state index contributed by atoms with van der Waals surface area (Å²) in [5.41, 5.74) is 0.796. The highest BCUT2D eigenvalue weighted by molar-refractivity contribution is 6.74. The van der Waals surface area contributed by atoms with E-state index in [-0.39, 0.29) is 0 Å². The first-order valence-electron chi connectivity index (χ1n) is 13.0. The first kappa shape index (κ1) is 23.0. The molecular weight excluding hydrogens is 384 g/mol. The number of ketones is 1. The van der Waals surface area contributed by atoms with E-state index in [1.54, 1.807) is 0 Å². The minimum Gasteiger partial charge on any atom is -0.414 e. The molecule has 0 amide bonds. The standard InChI is InChI=1S/C27H48O2Si/c1-18(28)22-11-12-23-21-10-9-19-17-20(29-30(7,8)25(2,3)4)13-15-26(19,5)24(21)14-16-27(22,23)6/h19-24H,9-17H2,1-8H3/t19-,20-,21+,22-,23+,24+,26+,27-/m0/s1. The molecule has 4 aliphatic carbocycles. The highest BCUT2D eigenvalue weighted by Crippen LogP contribution is 2.67. The van der Waals surface area contributed by atoms with Crippen LogP contribution in [0.3, 0.4) is 0 Å². The van der Waals surface area contributed by atoms with Crippen LogP contribution in [-0.4, -0.2) is 20.2 Å². The Kier molecular flexibility index (Phi) is 5.71. The Morgan fingerprint density at radius 3 is 2.17 bits per heavy atom. The van der Waals surface area contributed by atoms with Gasteiger partial charge in [-0.15, -0.1) is 0 Å². The fourth-order valence-corrected chi connectivity index (χ4v) is 9.99. The highest BCUT2D eigenvalue weighted by atomic mass is 28.4. The number of fused-ring (bicyclic) bond motifs is 5. The maximum atomic E-state index is 12.4. The molecule has 172 valence electrons. The Balaban J connectivity index is 1.48. The lowest BCUT2D eigenvalue weighted by Crippen LogP contribution is -2.55. The highest BCUT2D eigenvalue weighted by Gasteiger charge is 2.61. The van der Waals surface area contributed by atoms with Crippen molar-refractivity contribution in [1.82, 2.24) is 0 Å². The maximum absolute atomic E-state index is 12.4. The molecule has 3 heteroatoms. The second kappa shape index (κ2) is 7.44. The molecule has 0 aromatic carbocycles. The molecule has 2 nitrogen and oxygen atoms in total. The van der Waals surface area contributed by atoms with Crippen molar-refractivity contribution in [1.29, 1.82) is 0 Å². The van der Waals surface area contributed by atoms with E-state index in [2.05, 4.69) is 47.7 Å². The van der Waals surface area contributed by atoms with Crippen LogP contribution in [0.15, 0.2) is 0 Å². The third-order valence-electron chi connectivity index (χ3n) is 11.4. The number of Topliss-reactive ketones (excluding diaryl/α,β-unsaturated/α-hetero) is 1. The molecule has 0 aliphatic heterocycles. The molecule has 0 N–H and O–H groups in total. The molecule has 8 atom stereocenters. The van der Waals surface area contributed by atoms with Crippen LogP contribution in [-0.2, 0) is 9.22 Å². The van der Waals surface area contributed by atoms with Gasteiger partial charge in [-0.25, -0.2) is 0 Å². The third-order valence-corrected chi connectivity index (χ3v) is 15.9. The summed E-state index contributed by atoms with van der Waals surface area (Å²) >= 11 is 0. The lowest BCUT2D eigenvalue weighted by atomic mass is 9.44. The average Bonchev–Trinajstić information content (AvgIpc) is 2.98. The van der Waals surface area contributed by atoms with Crippen molar-refractivity contribution in [3.63, 3.8) is 0 Å². The van der Waals surface area contributed by atoms with Crippen molar-refractivity contribution in [2.75, 3.05) is 0 Å². The van der Waals surface area contributed by atoms with Gasteiger partial charge in [0.15, 0.2) is 8.32 Å². The van der Waals surface area contributed by atoms with Gasteiger partial charge in [-0.2, -0.15) is 0 Å². The molecule has 4 aliphatic rings. The third kappa shape index (κ3) is 3.49. The largest absolute Gasteiger partial charge is 0.414 e. The summed E-state index contributed by atoms with van der Waals surface area (Å²) in [4.78, 5) is 12.4. The van der Waals surface area contributed by atoms with Crippen molar-refractivity contribution >= 4 is 14.1 Å². The molecule has 4 fully saturated rings. The predicted molar refractivity (Wildman–Crippen MR) is 128 cm³/mol. The van der Waals surface area contributed by atoms with E-state index >= 15 is 0 Å². The zero-order chi connectivity index (χ0) is 22.1. The SMILES string of the molecule is CC(=O)[C@@H]1CC[C@@H]2[C@H]3CC[C@H]4C[C@@H](O[Si](C)(C)C(C)(C)C)CC[C@@]4(C)[C@@H]3CC[C@]21C. The zero-order valence-corrected chi connectivity index (χ0v) is 22.1. The molecule has 0 saturated heterocycles. The summed E-state index contributed by atoms with van der Waals surface area (Å²) in [6.45, 7) is 18.9. The van der Waals surface area contributed by atoms with E-state index in [4.69, 9.17) is 4.43 Å². The summed E-state index contributed by atoms with van der Waals surface area (Å²) in [7, 11) is -1.69. The lowest BCUT2D eigenvalue weighted by molar-refractivity contribution is -0.137. The van der Waals surface area contributed by atoms with Crippen LogP contribution >= 0.6 is 0 Å². The second-order valence-corrected chi connectivity index (χ2v) is 18.5. The van der Waals surface area contributed by atoms with Crippen molar-refractivity contribution < 1.29 is 9.22 Å². The number of hydrogen-bond donors (Lipinski definition) is 0. The zero-order valence-electron chi connectivity index (χ0n) is 21.1. The Morgan fingerprint density at radius 2 is 1.53 bits per heavy atom. The van der Waals surface area contributed by atoms with Crippen LogP contribution in [0, 0.1) is 40.4 Å². The number of rotatable bonds is 3. The van der Waals surface area contributed by atoms with Crippen LogP contribution in [0.5, 0.6) is 0 Å². The van der Waals surface area contributed by atoms with E-state index < -0.39 is 8.32 Å². The number of hydrogen-bond acceptors (Lipinski definition) is 2. The predicted octanol–water partition coefficient (Wildman–Crippen LogP) is 7.62. The van der Waals surface area contributed by atoms with Gasteiger partial charge in [0.2, 0.25) is 0 Å². The summed E-state index contributed by atoms with van der Waals surface area (Å²) < 4.78 is 6.90. The quantitative estimate of drug-likeness (QED) is 0.429. The topological polar surface area (TPSA) is 26.3 Å². The summed E-state index contributed by atoms with van der Waals surface area (Å²) in [5.74, 6) is 4.19. The maximum Gasteiger partial charge on any atom is 0.192 e. The Bertz CT molecular complexity index is 679. The Labute approximate surface area is 187 Å². The molecule has 0 aromatic heterocycles. The number of carbonyl (C=O) groups is 1. The molecule has 4 rings (SSSR count). The van der Waals surface area contributed by atoms with Gasteiger partial charge >= 0.3 is 0 Å². The smallest absolute Gasteiger partial charge is 0.192 e. The van der Waals surface area contributed by atoms with E-state index in [0.29, 0.717) is 33.7 Å². The fraction of sp³-hybridized carbons (Fsp3) is 0.963. The molecule has 4 saturated carbocycles. The average molecular weight is 433 g/mol. The minimum atomic E-state index is -1.69. The summed E-state index contributed by atoms with van der Waals surface area (Å²) in [6.07, 6.45) is 12.3. The van der Waals surface area contributed by atoms with Crippen LogP contribution in [0.4, 0.5) is 0 Å². The molecule has 30 heavy (non-hydrogen) atoms. The second-order valence-electron chi connectivity index (χ2n) is 13.7. The molecule has 0 unspecified atom stereocenters. The van der Waals surface area contributed by atoms with Gasteiger partial charge < -0.3 is 4.43 Å². The van der Waals surface area contributed by atoms with Gasteiger partial charge in [-0.05, 0) is 117 Å². The van der Waals surface area contributed by atoms with Crippen LogP contribution in [0.1, 0.15) is 99.3 Å². The Hall–Kier alpha value is -0.153. The number of carbonyl (C=O) groups excluding carboxylic acids is 1. The minimum absolute atomic E-state index is 0.291. The van der Waals surface area contributed by atoms with E-state index in [0.717, 1.165) is 30.1 Å². The molecular formula is C27H48O2Si. The Morgan fingerprint density at radius 1 is 0.900 bits per heavy atom. The van der Waals surface area contributed by atoms with Gasteiger partial charge in [0.1, 0.15) is 5.78 Å². The van der Waals surface area contributed by atoms with Crippen LogP contribution in [0.25, 0.3) is 0 Å². The molecule has 0 heterocycles. The normalized spacial score (nSPS) is 46.7. The summed E-state index contributed by atoms with van der Waals surface area (Å²) in [5, 5.41) is 0.301. The summed E-state index contributed by atoms with van der Waals surface area (Å²) in [6, 6.07) is 0. The van der Waals surface area contributed by atoms with Gasteiger partial charge in [0.25, 0.3) is 0 Å². The van der Waals surface area contributed by atoms with Crippen LogP contribution < -0.4 is 0 Å². The first-order valence-corrected chi connectivity index (χ1v) is 15.9. The van der Waals surface area contributed by atoms with E-state index in [1.165, 1.54) is 51.4 Å².